The molecular weight excluding hydrogens is 148 g/mol. The van der Waals surface area contributed by atoms with E-state index < -0.39 is 0 Å². The minimum Gasteiger partial charge on any atom is -0.299 e. The minimum absolute atomic E-state index is 0.293. The molecule has 0 radical (unpaired) electrons. The standard InChI is InChI=1S/C11H16O/c1-7-3-9-4-8(2)6-11(12)10(9)5-7/h5,8-10H,3-4,6H2,1-2H3. The van der Waals surface area contributed by atoms with Crippen LogP contribution in [-0.2, 0) is 4.79 Å². The molecule has 3 unspecified atom stereocenters. The third kappa shape index (κ3) is 1.21. The first kappa shape index (κ1) is 8.03. The summed E-state index contributed by atoms with van der Waals surface area (Å²) in [5, 5.41) is 0. The summed E-state index contributed by atoms with van der Waals surface area (Å²) in [6.07, 6.45) is 5.43. The Hall–Kier alpha value is -0.590. The first-order chi connectivity index (χ1) is 5.66. The summed E-state index contributed by atoms with van der Waals surface area (Å²) in [7, 11) is 0. The van der Waals surface area contributed by atoms with Crippen LogP contribution in [0.25, 0.3) is 0 Å². The van der Waals surface area contributed by atoms with Crippen LogP contribution >= 0.6 is 0 Å². The normalized spacial score (nSPS) is 41.0. The molecule has 0 saturated heterocycles. The Kier molecular flexibility index (Phi) is 1.82. The molecule has 0 spiro atoms. The third-order valence-electron chi connectivity index (χ3n) is 3.18. The topological polar surface area (TPSA) is 17.1 Å². The van der Waals surface area contributed by atoms with Gasteiger partial charge in [-0.25, -0.2) is 0 Å². The molecule has 1 heteroatoms. The maximum atomic E-state index is 11.6. The predicted octanol–water partition coefficient (Wildman–Crippen LogP) is 2.57. The predicted molar refractivity (Wildman–Crippen MR) is 48.8 cm³/mol. The van der Waals surface area contributed by atoms with Crippen LogP contribution in [0, 0.1) is 17.8 Å². The number of rotatable bonds is 0. The quantitative estimate of drug-likeness (QED) is 0.503. The van der Waals surface area contributed by atoms with E-state index in [-0.39, 0.29) is 0 Å². The molecule has 0 amide bonds. The SMILES string of the molecule is CC1=CC2C(=O)CC(C)CC2C1. The Morgan fingerprint density at radius 2 is 2.17 bits per heavy atom. The summed E-state index contributed by atoms with van der Waals surface area (Å²) in [6.45, 7) is 4.35. The highest BCUT2D eigenvalue weighted by atomic mass is 16.1. The molecule has 0 N–H and O–H groups in total. The highest BCUT2D eigenvalue weighted by Crippen LogP contribution is 2.40. The summed E-state index contributed by atoms with van der Waals surface area (Å²) in [5.41, 5.74) is 1.42. The van der Waals surface area contributed by atoms with Crippen LogP contribution in [0.5, 0.6) is 0 Å². The van der Waals surface area contributed by atoms with Gasteiger partial charge in [0.05, 0.1) is 0 Å². The van der Waals surface area contributed by atoms with E-state index >= 15 is 0 Å². The lowest BCUT2D eigenvalue weighted by atomic mass is 9.75. The lowest BCUT2D eigenvalue weighted by Crippen LogP contribution is -2.28. The molecule has 2 aliphatic carbocycles. The second-order valence-corrected chi connectivity index (χ2v) is 4.51. The molecule has 2 aliphatic rings. The first-order valence-corrected chi connectivity index (χ1v) is 4.87. The summed E-state index contributed by atoms with van der Waals surface area (Å²) in [5.74, 6) is 2.05. The van der Waals surface area contributed by atoms with Crippen LogP contribution in [0.2, 0.25) is 0 Å². The largest absolute Gasteiger partial charge is 0.299 e. The van der Waals surface area contributed by atoms with Crippen molar-refractivity contribution in [3.63, 3.8) is 0 Å². The van der Waals surface area contributed by atoms with Crippen molar-refractivity contribution in [1.82, 2.24) is 0 Å². The van der Waals surface area contributed by atoms with Gasteiger partial charge in [-0.05, 0) is 31.6 Å². The second kappa shape index (κ2) is 2.72. The van der Waals surface area contributed by atoms with Crippen LogP contribution in [0.1, 0.15) is 33.1 Å². The van der Waals surface area contributed by atoms with E-state index in [0.717, 1.165) is 6.42 Å². The lowest BCUT2D eigenvalue weighted by molar-refractivity contribution is -0.125. The Morgan fingerprint density at radius 3 is 2.92 bits per heavy atom. The Morgan fingerprint density at radius 1 is 1.42 bits per heavy atom. The van der Waals surface area contributed by atoms with Gasteiger partial charge in [0, 0.05) is 12.3 Å². The fourth-order valence-electron chi connectivity index (χ4n) is 2.72. The lowest BCUT2D eigenvalue weighted by Gasteiger charge is -2.28. The molecule has 0 aliphatic heterocycles. The van der Waals surface area contributed by atoms with E-state index in [1.165, 1.54) is 18.4 Å². The molecule has 0 aromatic rings. The van der Waals surface area contributed by atoms with Crippen molar-refractivity contribution in [1.29, 1.82) is 0 Å². The van der Waals surface area contributed by atoms with Gasteiger partial charge in [-0.1, -0.05) is 18.6 Å². The first-order valence-electron chi connectivity index (χ1n) is 4.87. The van der Waals surface area contributed by atoms with Crippen molar-refractivity contribution >= 4 is 5.78 Å². The summed E-state index contributed by atoms with van der Waals surface area (Å²) in [4.78, 5) is 11.6. The number of ketones is 1. The van der Waals surface area contributed by atoms with Gasteiger partial charge in [0.1, 0.15) is 5.78 Å². The molecule has 0 bridgehead atoms. The monoisotopic (exact) mass is 164 g/mol. The smallest absolute Gasteiger partial charge is 0.140 e. The maximum absolute atomic E-state index is 11.6. The van der Waals surface area contributed by atoms with E-state index in [1.54, 1.807) is 0 Å². The molecule has 0 aromatic heterocycles. The van der Waals surface area contributed by atoms with Gasteiger partial charge in [0.25, 0.3) is 0 Å². The minimum atomic E-state index is 0.293. The van der Waals surface area contributed by atoms with E-state index in [2.05, 4.69) is 19.9 Å². The van der Waals surface area contributed by atoms with Crippen LogP contribution in [0.4, 0.5) is 0 Å². The number of hydrogen-bond acceptors (Lipinski definition) is 1. The number of carbonyl (C=O) groups excluding carboxylic acids is 1. The van der Waals surface area contributed by atoms with E-state index in [0.29, 0.717) is 23.5 Å². The number of Topliss-reactive ketones (excluding diaryl/α,β-unsaturated/α-hetero) is 1. The molecule has 66 valence electrons. The van der Waals surface area contributed by atoms with Gasteiger partial charge in [0.2, 0.25) is 0 Å². The third-order valence-corrected chi connectivity index (χ3v) is 3.18. The van der Waals surface area contributed by atoms with Crippen LogP contribution in [-0.4, -0.2) is 5.78 Å². The second-order valence-electron chi connectivity index (χ2n) is 4.51. The molecule has 2 rings (SSSR count). The summed E-state index contributed by atoms with van der Waals surface area (Å²) in [6, 6.07) is 0. The zero-order chi connectivity index (χ0) is 8.72. The van der Waals surface area contributed by atoms with Crippen LogP contribution < -0.4 is 0 Å². The molecule has 0 aromatic carbocycles. The number of hydrogen-bond donors (Lipinski definition) is 0. The van der Waals surface area contributed by atoms with Gasteiger partial charge in [-0.2, -0.15) is 0 Å². The van der Waals surface area contributed by atoms with Crippen molar-refractivity contribution in [3.05, 3.63) is 11.6 Å². The van der Waals surface area contributed by atoms with E-state index in [9.17, 15) is 4.79 Å². The Bertz CT molecular complexity index is 239. The maximum Gasteiger partial charge on any atom is 0.140 e. The van der Waals surface area contributed by atoms with Crippen LogP contribution in [0.15, 0.2) is 11.6 Å². The Labute approximate surface area is 73.8 Å². The van der Waals surface area contributed by atoms with Crippen molar-refractivity contribution in [2.45, 2.75) is 33.1 Å². The Balaban J connectivity index is 2.17. The van der Waals surface area contributed by atoms with Crippen molar-refractivity contribution in [2.75, 3.05) is 0 Å². The summed E-state index contributed by atoms with van der Waals surface area (Å²) >= 11 is 0. The van der Waals surface area contributed by atoms with Crippen LogP contribution in [0.3, 0.4) is 0 Å². The number of allylic oxidation sites excluding steroid dienone is 2. The highest BCUT2D eigenvalue weighted by Gasteiger charge is 2.36. The summed E-state index contributed by atoms with van der Waals surface area (Å²) < 4.78 is 0. The van der Waals surface area contributed by atoms with Crippen molar-refractivity contribution in [2.24, 2.45) is 17.8 Å². The van der Waals surface area contributed by atoms with Crippen molar-refractivity contribution in [3.8, 4) is 0 Å². The van der Waals surface area contributed by atoms with Gasteiger partial charge in [-0.15, -0.1) is 0 Å². The van der Waals surface area contributed by atoms with Crippen molar-refractivity contribution < 1.29 is 4.79 Å². The van der Waals surface area contributed by atoms with Gasteiger partial charge < -0.3 is 0 Å². The highest BCUT2D eigenvalue weighted by molar-refractivity contribution is 5.84. The number of fused-ring (bicyclic) bond motifs is 1. The average Bonchev–Trinajstić information content (AvgIpc) is 2.29. The van der Waals surface area contributed by atoms with Gasteiger partial charge >= 0.3 is 0 Å². The van der Waals surface area contributed by atoms with Gasteiger partial charge in [0.15, 0.2) is 0 Å². The number of carbonyl (C=O) groups is 1. The molecule has 1 nitrogen and oxygen atoms in total. The van der Waals surface area contributed by atoms with Gasteiger partial charge in [-0.3, -0.25) is 4.79 Å². The fourth-order valence-corrected chi connectivity index (χ4v) is 2.72. The molecule has 1 fully saturated rings. The van der Waals surface area contributed by atoms with E-state index in [1.807, 2.05) is 0 Å². The average molecular weight is 164 g/mol. The zero-order valence-corrected chi connectivity index (χ0v) is 7.84. The molecular formula is C11H16O. The zero-order valence-electron chi connectivity index (χ0n) is 7.84. The molecule has 3 atom stereocenters. The van der Waals surface area contributed by atoms with E-state index in [4.69, 9.17) is 0 Å². The molecule has 0 heterocycles. The molecule has 12 heavy (non-hydrogen) atoms. The molecule has 1 saturated carbocycles. The fraction of sp³-hybridized carbons (Fsp3) is 0.727.